The van der Waals surface area contributed by atoms with Crippen LogP contribution in [0.4, 0.5) is 5.69 Å². The molecule has 3 aromatic rings. The van der Waals surface area contributed by atoms with Gasteiger partial charge in [-0.3, -0.25) is 0 Å². The zero-order valence-corrected chi connectivity index (χ0v) is 13.7. The maximum Gasteiger partial charge on any atom is 0.0710 e. The predicted octanol–water partition coefficient (Wildman–Crippen LogP) is 6.39. The Morgan fingerprint density at radius 1 is 0.905 bits per heavy atom. The number of hydrogen-bond acceptors (Lipinski definition) is 1. The van der Waals surface area contributed by atoms with Crippen LogP contribution in [0.2, 0.25) is 20.1 Å². The Morgan fingerprint density at radius 2 is 1.62 bits per heavy atom. The summed E-state index contributed by atoms with van der Waals surface area (Å²) in [5, 5.41) is 6.30. The summed E-state index contributed by atoms with van der Waals surface area (Å²) in [4.78, 5) is 3.28. The molecule has 2 N–H and O–H groups in total. The van der Waals surface area contributed by atoms with Gasteiger partial charge in [-0.1, -0.05) is 64.6 Å². The van der Waals surface area contributed by atoms with Crippen LogP contribution >= 0.6 is 46.4 Å². The van der Waals surface area contributed by atoms with Crippen molar-refractivity contribution < 1.29 is 0 Å². The van der Waals surface area contributed by atoms with Crippen LogP contribution in [0.25, 0.3) is 10.9 Å². The number of nitrogens with one attached hydrogen (secondary N) is 2. The van der Waals surface area contributed by atoms with E-state index in [4.69, 9.17) is 46.4 Å². The Bertz CT molecular complexity index is 811. The molecule has 0 saturated carbocycles. The maximum absolute atomic E-state index is 6.37. The molecule has 0 unspecified atom stereocenters. The third kappa shape index (κ3) is 2.95. The topological polar surface area (TPSA) is 27.8 Å². The van der Waals surface area contributed by atoms with Gasteiger partial charge in [-0.25, -0.2) is 0 Å². The summed E-state index contributed by atoms with van der Waals surface area (Å²) in [6, 6.07) is 11.2. The number of aromatic amines is 1. The van der Waals surface area contributed by atoms with Crippen LogP contribution in [-0.4, -0.2) is 4.98 Å². The van der Waals surface area contributed by atoms with Crippen molar-refractivity contribution in [1.82, 2.24) is 4.98 Å². The first-order chi connectivity index (χ1) is 10.1. The average Bonchev–Trinajstić information content (AvgIpc) is 2.79. The summed E-state index contributed by atoms with van der Waals surface area (Å²) >= 11 is 24.4. The monoisotopic (exact) mass is 358 g/mol. The lowest BCUT2D eigenvalue weighted by atomic mass is 10.2. The number of benzene rings is 2. The van der Waals surface area contributed by atoms with Gasteiger partial charge in [-0.15, -0.1) is 0 Å². The first-order valence-electron chi connectivity index (χ1n) is 6.20. The van der Waals surface area contributed by atoms with E-state index < -0.39 is 0 Å². The van der Waals surface area contributed by atoms with Gasteiger partial charge in [-0.2, -0.15) is 0 Å². The number of fused-ring (bicyclic) bond motifs is 1. The minimum absolute atomic E-state index is 0.427. The molecule has 0 aliphatic rings. The molecule has 0 radical (unpaired) electrons. The minimum atomic E-state index is 0.427. The molecular formula is C15H10Cl4N2. The zero-order chi connectivity index (χ0) is 15.0. The van der Waals surface area contributed by atoms with E-state index in [2.05, 4.69) is 10.3 Å². The highest BCUT2D eigenvalue weighted by Gasteiger charge is 2.10. The van der Waals surface area contributed by atoms with Crippen LogP contribution in [-0.2, 0) is 6.54 Å². The molecule has 21 heavy (non-hydrogen) atoms. The van der Waals surface area contributed by atoms with E-state index in [1.54, 1.807) is 12.1 Å². The van der Waals surface area contributed by atoms with Gasteiger partial charge in [0.15, 0.2) is 0 Å². The number of hydrogen-bond donors (Lipinski definition) is 2. The van der Waals surface area contributed by atoms with Crippen molar-refractivity contribution in [2.45, 2.75) is 6.54 Å². The molecule has 2 aromatic carbocycles. The molecule has 0 bridgehead atoms. The van der Waals surface area contributed by atoms with Crippen LogP contribution < -0.4 is 5.32 Å². The van der Waals surface area contributed by atoms with Crippen LogP contribution in [0.15, 0.2) is 36.4 Å². The summed E-state index contributed by atoms with van der Waals surface area (Å²) < 4.78 is 0. The quantitative estimate of drug-likeness (QED) is 0.520. The summed E-state index contributed by atoms with van der Waals surface area (Å²) in [5.41, 5.74) is 2.60. The van der Waals surface area contributed by atoms with Crippen molar-refractivity contribution in [3.63, 3.8) is 0 Å². The van der Waals surface area contributed by atoms with E-state index in [9.17, 15) is 0 Å². The number of H-pyrrole nitrogens is 1. The van der Waals surface area contributed by atoms with E-state index in [1.165, 1.54) is 0 Å². The van der Waals surface area contributed by atoms with Gasteiger partial charge in [0.05, 0.1) is 38.0 Å². The normalized spacial score (nSPS) is 11.0. The molecule has 0 atom stereocenters. The number of rotatable bonds is 3. The van der Waals surface area contributed by atoms with E-state index in [-0.39, 0.29) is 0 Å². The van der Waals surface area contributed by atoms with Crippen LogP contribution in [0.1, 0.15) is 5.69 Å². The molecule has 6 heteroatoms. The van der Waals surface area contributed by atoms with Gasteiger partial charge in [0.2, 0.25) is 0 Å². The van der Waals surface area contributed by atoms with Crippen molar-refractivity contribution in [3.8, 4) is 0 Å². The van der Waals surface area contributed by atoms with Gasteiger partial charge < -0.3 is 10.3 Å². The highest BCUT2D eigenvalue weighted by molar-refractivity contribution is 6.44. The molecule has 0 fully saturated rings. The summed E-state index contributed by atoms with van der Waals surface area (Å²) in [5.74, 6) is 0. The lowest BCUT2D eigenvalue weighted by Crippen LogP contribution is -2.01. The lowest BCUT2D eigenvalue weighted by molar-refractivity contribution is 1.09. The fourth-order valence-electron chi connectivity index (χ4n) is 2.13. The maximum atomic E-state index is 6.37. The molecule has 108 valence electrons. The second kappa shape index (κ2) is 5.98. The van der Waals surface area contributed by atoms with Gasteiger partial charge in [0.1, 0.15) is 0 Å². The van der Waals surface area contributed by atoms with Gasteiger partial charge in [0.25, 0.3) is 0 Å². The smallest absolute Gasteiger partial charge is 0.0710 e. The standard InChI is InChI=1S/C15H10Cl4N2/c16-9-5-11(18)13(6-10(9)17)20-7-14-15(19)8-3-1-2-4-12(8)21-14/h1-6,20-21H,7H2. The van der Waals surface area contributed by atoms with Crippen LogP contribution in [0, 0.1) is 0 Å². The van der Waals surface area contributed by atoms with E-state index in [0.717, 1.165) is 16.6 Å². The Hall–Kier alpha value is -1.06. The molecule has 0 spiro atoms. The first-order valence-corrected chi connectivity index (χ1v) is 7.71. The predicted molar refractivity (Wildman–Crippen MR) is 92.1 cm³/mol. The summed E-state index contributed by atoms with van der Waals surface area (Å²) in [6.07, 6.45) is 0. The van der Waals surface area contributed by atoms with Crippen molar-refractivity contribution in [1.29, 1.82) is 0 Å². The minimum Gasteiger partial charge on any atom is -0.378 e. The second-order valence-electron chi connectivity index (χ2n) is 4.56. The number of aromatic nitrogens is 1. The number of anilines is 1. The molecule has 0 aliphatic heterocycles. The van der Waals surface area contributed by atoms with Crippen molar-refractivity contribution in [3.05, 3.63) is 62.2 Å². The average molecular weight is 360 g/mol. The van der Waals surface area contributed by atoms with Gasteiger partial charge >= 0.3 is 0 Å². The van der Waals surface area contributed by atoms with Crippen molar-refractivity contribution in [2.75, 3.05) is 5.32 Å². The Morgan fingerprint density at radius 3 is 2.38 bits per heavy atom. The molecule has 0 aliphatic carbocycles. The molecule has 3 rings (SSSR count). The second-order valence-corrected chi connectivity index (χ2v) is 6.16. The Labute approximate surface area is 142 Å². The molecule has 0 amide bonds. The number of halogens is 4. The Balaban J connectivity index is 1.87. The Kier molecular flexibility index (Phi) is 4.23. The molecule has 0 saturated heterocycles. The fourth-order valence-corrected chi connectivity index (χ4v) is 3.02. The van der Waals surface area contributed by atoms with Crippen molar-refractivity contribution in [2.24, 2.45) is 0 Å². The first kappa shape index (κ1) is 14.9. The molecule has 1 aromatic heterocycles. The largest absolute Gasteiger partial charge is 0.378 e. The van der Waals surface area contributed by atoms with E-state index >= 15 is 0 Å². The molecular weight excluding hydrogens is 350 g/mol. The highest BCUT2D eigenvalue weighted by atomic mass is 35.5. The van der Waals surface area contributed by atoms with E-state index in [0.29, 0.717) is 32.3 Å². The third-order valence-corrected chi connectivity index (χ3v) is 4.65. The third-order valence-electron chi connectivity index (χ3n) is 3.18. The van der Waals surface area contributed by atoms with Crippen molar-refractivity contribution >= 4 is 63.0 Å². The molecule has 1 heterocycles. The van der Waals surface area contributed by atoms with Gasteiger partial charge in [0, 0.05) is 10.9 Å². The summed E-state index contributed by atoms with van der Waals surface area (Å²) in [6.45, 7) is 0.505. The lowest BCUT2D eigenvalue weighted by Gasteiger charge is -2.09. The van der Waals surface area contributed by atoms with Crippen LogP contribution in [0.5, 0.6) is 0 Å². The molecule has 2 nitrogen and oxygen atoms in total. The van der Waals surface area contributed by atoms with Gasteiger partial charge in [-0.05, 0) is 18.2 Å². The zero-order valence-electron chi connectivity index (χ0n) is 10.7. The SMILES string of the molecule is Clc1cc(Cl)c(NCc2[nH]c3ccccc3c2Cl)cc1Cl. The fraction of sp³-hybridized carbons (Fsp3) is 0.0667. The number of para-hydroxylation sites is 1. The summed E-state index contributed by atoms with van der Waals surface area (Å²) in [7, 11) is 0. The van der Waals surface area contributed by atoms with Crippen LogP contribution in [0.3, 0.4) is 0 Å². The van der Waals surface area contributed by atoms with E-state index in [1.807, 2.05) is 24.3 Å². The highest BCUT2D eigenvalue weighted by Crippen LogP contribution is 2.33.